The van der Waals surface area contributed by atoms with Gasteiger partial charge in [0.1, 0.15) is 0 Å². The molecule has 0 unspecified atom stereocenters. The quantitative estimate of drug-likeness (QED) is 0.381. The lowest BCUT2D eigenvalue weighted by Gasteiger charge is -2.08. The number of nitro groups is 1. The fraction of sp³-hybridized carbons (Fsp3) is 0. The third-order valence-corrected chi connectivity index (χ3v) is 5.53. The van der Waals surface area contributed by atoms with Crippen molar-refractivity contribution in [3.8, 4) is 5.75 Å². The Balaban J connectivity index is 1.79. The van der Waals surface area contributed by atoms with Crippen LogP contribution in [0.5, 0.6) is 5.75 Å². The first-order valence-corrected chi connectivity index (χ1v) is 9.73. The molecule has 0 spiro atoms. The van der Waals surface area contributed by atoms with Gasteiger partial charge in [-0.1, -0.05) is 11.8 Å². The van der Waals surface area contributed by atoms with Crippen LogP contribution in [-0.4, -0.2) is 24.5 Å². The Labute approximate surface area is 157 Å². The molecule has 3 rings (SSSR count). The molecular weight excluding hydrogens is 392 g/mol. The molecule has 1 N–H and O–H groups in total. The number of thiazole rings is 1. The van der Waals surface area contributed by atoms with E-state index in [1.807, 2.05) is 0 Å². The van der Waals surface area contributed by atoms with Crippen molar-refractivity contribution in [1.82, 2.24) is 4.98 Å². The molecule has 9 nitrogen and oxygen atoms in total. The van der Waals surface area contributed by atoms with E-state index in [0.29, 0.717) is 5.69 Å². The number of aromatic nitrogens is 1. The number of nitrogens with zero attached hydrogens (tertiary/aromatic N) is 3. The van der Waals surface area contributed by atoms with E-state index in [1.54, 1.807) is 5.38 Å². The van der Waals surface area contributed by atoms with Gasteiger partial charge in [0.15, 0.2) is 5.13 Å². The third-order valence-electron chi connectivity index (χ3n) is 3.36. The molecule has 11 heteroatoms. The van der Waals surface area contributed by atoms with Gasteiger partial charge in [0.25, 0.3) is 15.7 Å². The second-order valence-electron chi connectivity index (χ2n) is 5.17. The Bertz CT molecular complexity index is 1090. The van der Waals surface area contributed by atoms with Crippen molar-refractivity contribution >= 4 is 44.1 Å². The molecule has 1 heterocycles. The van der Waals surface area contributed by atoms with Gasteiger partial charge in [-0.05, 0) is 29.8 Å². The molecule has 0 atom stereocenters. The van der Waals surface area contributed by atoms with Gasteiger partial charge in [0, 0.05) is 29.9 Å². The molecule has 0 radical (unpaired) electrons. The minimum Gasteiger partial charge on any atom is -0.872 e. The first-order valence-electron chi connectivity index (χ1n) is 7.37. The normalized spacial score (nSPS) is 11.6. The van der Waals surface area contributed by atoms with Crippen LogP contribution in [0.15, 0.2) is 63.9 Å². The predicted octanol–water partition coefficient (Wildman–Crippen LogP) is 2.68. The fourth-order valence-corrected chi connectivity index (χ4v) is 3.84. The molecule has 0 aliphatic heterocycles. The summed E-state index contributed by atoms with van der Waals surface area (Å²) in [6, 6.07) is 8.96. The van der Waals surface area contributed by atoms with Crippen LogP contribution in [0.4, 0.5) is 16.5 Å². The summed E-state index contributed by atoms with van der Waals surface area (Å²) >= 11 is 1.16. The molecular formula is C16H11N4O5S2-. The number of nitro benzene ring substituents is 1. The topological polar surface area (TPSA) is 138 Å². The van der Waals surface area contributed by atoms with Crippen molar-refractivity contribution < 1.29 is 18.4 Å². The summed E-state index contributed by atoms with van der Waals surface area (Å²) in [6.45, 7) is 0. The van der Waals surface area contributed by atoms with Gasteiger partial charge >= 0.3 is 0 Å². The predicted molar refractivity (Wildman–Crippen MR) is 99.2 cm³/mol. The third kappa shape index (κ3) is 4.46. The molecule has 0 fully saturated rings. The molecule has 0 aliphatic carbocycles. The SMILES string of the molecule is O=[N+]([O-])c1ccc([O-])c(C=Nc2ccc(S(=O)(=O)Nc3nccs3)cc2)c1. The van der Waals surface area contributed by atoms with Gasteiger partial charge in [-0.2, -0.15) is 0 Å². The largest absolute Gasteiger partial charge is 0.872 e. The highest BCUT2D eigenvalue weighted by Gasteiger charge is 2.15. The summed E-state index contributed by atoms with van der Waals surface area (Å²) in [7, 11) is -3.77. The number of non-ortho nitro benzene ring substituents is 1. The Hall–Kier alpha value is -3.31. The van der Waals surface area contributed by atoms with E-state index < -0.39 is 20.7 Å². The van der Waals surface area contributed by atoms with Crippen LogP contribution in [0.1, 0.15) is 5.56 Å². The Morgan fingerprint density at radius 2 is 1.93 bits per heavy atom. The lowest BCUT2D eigenvalue weighted by atomic mass is 10.2. The molecule has 0 saturated carbocycles. The minimum absolute atomic E-state index is 0.0245. The number of nitrogens with one attached hydrogen (secondary N) is 1. The number of anilines is 1. The van der Waals surface area contributed by atoms with Crippen LogP contribution in [0.2, 0.25) is 0 Å². The van der Waals surface area contributed by atoms with Crippen LogP contribution in [0.25, 0.3) is 0 Å². The highest BCUT2D eigenvalue weighted by atomic mass is 32.2. The van der Waals surface area contributed by atoms with E-state index in [4.69, 9.17) is 0 Å². The Morgan fingerprint density at radius 3 is 2.56 bits per heavy atom. The average molecular weight is 403 g/mol. The zero-order valence-electron chi connectivity index (χ0n) is 13.5. The molecule has 0 aliphatic rings. The highest BCUT2D eigenvalue weighted by Crippen LogP contribution is 2.22. The van der Waals surface area contributed by atoms with Crippen molar-refractivity contribution in [2.24, 2.45) is 4.99 Å². The van der Waals surface area contributed by atoms with Crippen molar-refractivity contribution in [3.63, 3.8) is 0 Å². The van der Waals surface area contributed by atoms with Crippen LogP contribution in [-0.2, 0) is 10.0 Å². The second kappa shape index (κ2) is 7.51. The van der Waals surface area contributed by atoms with Gasteiger partial charge < -0.3 is 5.11 Å². The lowest BCUT2D eigenvalue weighted by molar-refractivity contribution is -0.385. The van der Waals surface area contributed by atoms with Crippen LogP contribution in [0, 0.1) is 10.1 Å². The van der Waals surface area contributed by atoms with E-state index in [-0.39, 0.29) is 21.3 Å². The number of benzene rings is 2. The van der Waals surface area contributed by atoms with Crippen LogP contribution >= 0.6 is 11.3 Å². The Kier molecular flexibility index (Phi) is 5.14. The van der Waals surface area contributed by atoms with Gasteiger partial charge in [-0.15, -0.1) is 11.3 Å². The molecule has 0 bridgehead atoms. The minimum atomic E-state index is -3.77. The van der Waals surface area contributed by atoms with Crippen LogP contribution in [0.3, 0.4) is 0 Å². The van der Waals surface area contributed by atoms with Crippen LogP contribution < -0.4 is 9.83 Å². The second-order valence-corrected chi connectivity index (χ2v) is 7.75. The zero-order valence-corrected chi connectivity index (χ0v) is 15.1. The monoisotopic (exact) mass is 403 g/mol. The van der Waals surface area contributed by atoms with E-state index in [2.05, 4.69) is 14.7 Å². The van der Waals surface area contributed by atoms with Crippen molar-refractivity contribution in [3.05, 3.63) is 69.7 Å². The van der Waals surface area contributed by atoms with Crippen molar-refractivity contribution in [1.29, 1.82) is 0 Å². The van der Waals surface area contributed by atoms with Gasteiger partial charge in [0.05, 0.1) is 15.5 Å². The lowest BCUT2D eigenvalue weighted by Crippen LogP contribution is -2.12. The molecule has 27 heavy (non-hydrogen) atoms. The molecule has 2 aromatic carbocycles. The molecule has 3 aromatic rings. The van der Waals surface area contributed by atoms with E-state index in [1.165, 1.54) is 36.7 Å². The maximum absolute atomic E-state index is 12.2. The average Bonchev–Trinajstić information content (AvgIpc) is 3.13. The summed E-state index contributed by atoms with van der Waals surface area (Å²) in [6.07, 6.45) is 2.69. The maximum atomic E-state index is 12.2. The van der Waals surface area contributed by atoms with E-state index >= 15 is 0 Å². The summed E-state index contributed by atoms with van der Waals surface area (Å²) in [5.74, 6) is -0.406. The number of hydrogen-bond acceptors (Lipinski definition) is 8. The van der Waals surface area contributed by atoms with Crippen molar-refractivity contribution in [2.75, 3.05) is 4.72 Å². The number of aliphatic imine (C=N–C) groups is 1. The fourth-order valence-electron chi connectivity index (χ4n) is 2.05. The highest BCUT2D eigenvalue weighted by molar-refractivity contribution is 7.93. The molecule has 138 valence electrons. The molecule has 0 amide bonds. The summed E-state index contributed by atoms with van der Waals surface area (Å²) in [5, 5.41) is 24.4. The first kappa shape index (κ1) is 18.5. The first-order chi connectivity index (χ1) is 12.8. The van der Waals surface area contributed by atoms with Gasteiger partial charge in [-0.25, -0.2) is 13.4 Å². The van der Waals surface area contributed by atoms with Gasteiger partial charge in [0.2, 0.25) is 0 Å². The molecule has 0 saturated heterocycles. The van der Waals surface area contributed by atoms with E-state index in [9.17, 15) is 23.6 Å². The standard InChI is InChI=1S/C16H12N4O5S2/c21-15-6-3-13(20(22)23)9-11(15)10-18-12-1-4-14(5-2-12)27(24,25)19-16-17-7-8-26-16/h1-10,21H,(H,17,19)/p-1. The summed E-state index contributed by atoms with van der Waals surface area (Å²) < 4.78 is 26.8. The zero-order chi connectivity index (χ0) is 19.4. The van der Waals surface area contributed by atoms with Crippen molar-refractivity contribution in [2.45, 2.75) is 4.90 Å². The Morgan fingerprint density at radius 1 is 1.19 bits per heavy atom. The summed E-state index contributed by atoms with van der Waals surface area (Å²) in [5.41, 5.74) is 0.228. The maximum Gasteiger partial charge on any atom is 0.270 e. The smallest absolute Gasteiger partial charge is 0.270 e. The number of rotatable bonds is 6. The van der Waals surface area contributed by atoms with Gasteiger partial charge in [-0.3, -0.25) is 19.8 Å². The number of sulfonamides is 1. The van der Waals surface area contributed by atoms with E-state index in [0.717, 1.165) is 29.5 Å². The number of hydrogen-bond donors (Lipinski definition) is 1. The summed E-state index contributed by atoms with van der Waals surface area (Å²) in [4.78, 5) is 18.1. The molecule has 1 aromatic heterocycles.